The van der Waals surface area contributed by atoms with E-state index in [4.69, 9.17) is 0 Å². The summed E-state index contributed by atoms with van der Waals surface area (Å²) in [6.07, 6.45) is 2.69. The van der Waals surface area contributed by atoms with Gasteiger partial charge in [-0.05, 0) is 30.4 Å². The molecule has 0 bridgehead atoms. The monoisotopic (exact) mass is 191 g/mol. The Balaban J connectivity index is 2.40. The van der Waals surface area contributed by atoms with Crippen molar-refractivity contribution in [2.45, 2.75) is 40.2 Å². The van der Waals surface area contributed by atoms with Crippen molar-refractivity contribution in [1.29, 1.82) is 0 Å². The van der Waals surface area contributed by atoms with Crippen molar-refractivity contribution in [2.75, 3.05) is 0 Å². The fourth-order valence-corrected chi connectivity index (χ4v) is 2.47. The fraction of sp³-hybridized carbons (Fsp3) is 0.583. The highest BCUT2D eigenvalue weighted by molar-refractivity contribution is 5.55. The van der Waals surface area contributed by atoms with Crippen LogP contribution in [0.4, 0.5) is 0 Å². The molecule has 0 aliphatic carbocycles. The molecule has 0 unspecified atom stereocenters. The Kier molecular flexibility index (Phi) is 2.02. The molecule has 0 saturated heterocycles. The molecule has 0 spiro atoms. The van der Waals surface area contributed by atoms with Gasteiger partial charge in [-0.15, -0.1) is 0 Å². The number of fused-ring (bicyclic) bond motifs is 1. The smallest absolute Gasteiger partial charge is 0.125 e. The Hall–Kier alpha value is -1.05. The zero-order chi connectivity index (χ0) is 10.3. The minimum Gasteiger partial charge on any atom is -0.347 e. The lowest BCUT2D eigenvalue weighted by Crippen LogP contribution is -2.14. The van der Waals surface area contributed by atoms with E-state index in [1.165, 1.54) is 17.0 Å². The standard InChI is InChI=1S/C12H17NO/c1-9-6-10-7-12(2,3)8-13(10)11(9)4-5-14/h5-6H,4,7-8H2,1-3H3. The van der Waals surface area contributed by atoms with Crippen molar-refractivity contribution >= 4 is 6.29 Å². The maximum Gasteiger partial charge on any atom is 0.125 e. The lowest BCUT2D eigenvalue weighted by Gasteiger charge is -2.16. The fourth-order valence-electron chi connectivity index (χ4n) is 2.47. The predicted octanol–water partition coefficient (Wildman–Crippen LogP) is 2.12. The van der Waals surface area contributed by atoms with Crippen LogP contribution in [0.2, 0.25) is 0 Å². The number of hydrogen-bond donors (Lipinski definition) is 0. The van der Waals surface area contributed by atoms with Crippen LogP contribution in [0.5, 0.6) is 0 Å². The average molecular weight is 191 g/mol. The first-order valence-corrected chi connectivity index (χ1v) is 5.15. The molecule has 1 aromatic rings. The summed E-state index contributed by atoms with van der Waals surface area (Å²) in [6, 6.07) is 2.23. The van der Waals surface area contributed by atoms with Gasteiger partial charge in [-0.25, -0.2) is 0 Å². The van der Waals surface area contributed by atoms with Crippen LogP contribution in [0.15, 0.2) is 6.07 Å². The van der Waals surface area contributed by atoms with Gasteiger partial charge in [0.05, 0.1) is 0 Å². The van der Waals surface area contributed by atoms with Crippen LogP contribution >= 0.6 is 0 Å². The second-order valence-corrected chi connectivity index (χ2v) is 5.06. The topological polar surface area (TPSA) is 22.0 Å². The second-order valence-electron chi connectivity index (χ2n) is 5.06. The second kappa shape index (κ2) is 2.97. The lowest BCUT2D eigenvalue weighted by molar-refractivity contribution is -0.107. The van der Waals surface area contributed by atoms with Crippen LogP contribution in [0.1, 0.15) is 30.8 Å². The summed E-state index contributed by atoms with van der Waals surface area (Å²) >= 11 is 0. The molecule has 1 aliphatic heterocycles. The Morgan fingerprint density at radius 1 is 1.57 bits per heavy atom. The minimum absolute atomic E-state index is 0.362. The van der Waals surface area contributed by atoms with Crippen molar-refractivity contribution in [2.24, 2.45) is 5.41 Å². The minimum atomic E-state index is 0.362. The number of rotatable bonds is 2. The third-order valence-corrected chi connectivity index (χ3v) is 3.03. The van der Waals surface area contributed by atoms with E-state index in [2.05, 4.69) is 31.4 Å². The van der Waals surface area contributed by atoms with Crippen molar-refractivity contribution in [3.63, 3.8) is 0 Å². The third kappa shape index (κ3) is 1.39. The first kappa shape index (κ1) is 9.50. The maximum atomic E-state index is 10.6. The molecule has 2 rings (SSSR count). The van der Waals surface area contributed by atoms with Crippen LogP contribution in [-0.4, -0.2) is 10.9 Å². The number of aryl methyl sites for hydroxylation is 1. The lowest BCUT2D eigenvalue weighted by atomic mass is 9.91. The number of carbonyl (C=O) groups excluding carboxylic acids is 1. The summed E-state index contributed by atoms with van der Waals surface area (Å²) in [5, 5.41) is 0. The van der Waals surface area contributed by atoms with Gasteiger partial charge in [0.15, 0.2) is 0 Å². The van der Waals surface area contributed by atoms with Gasteiger partial charge in [0.1, 0.15) is 6.29 Å². The van der Waals surface area contributed by atoms with Crippen LogP contribution < -0.4 is 0 Å². The van der Waals surface area contributed by atoms with Crippen LogP contribution in [0.3, 0.4) is 0 Å². The van der Waals surface area contributed by atoms with E-state index in [0.29, 0.717) is 11.8 Å². The number of carbonyl (C=O) groups is 1. The number of aldehydes is 1. The van der Waals surface area contributed by atoms with E-state index < -0.39 is 0 Å². The van der Waals surface area contributed by atoms with Gasteiger partial charge in [-0.1, -0.05) is 13.8 Å². The summed E-state index contributed by atoms with van der Waals surface area (Å²) in [5.74, 6) is 0. The summed E-state index contributed by atoms with van der Waals surface area (Å²) in [4.78, 5) is 10.6. The van der Waals surface area contributed by atoms with Gasteiger partial charge in [0.2, 0.25) is 0 Å². The third-order valence-electron chi connectivity index (χ3n) is 3.03. The number of nitrogens with zero attached hydrogens (tertiary/aromatic N) is 1. The van der Waals surface area contributed by atoms with E-state index in [9.17, 15) is 4.79 Å². The number of hydrogen-bond acceptors (Lipinski definition) is 1. The maximum absolute atomic E-state index is 10.6. The zero-order valence-electron chi connectivity index (χ0n) is 9.13. The van der Waals surface area contributed by atoms with Gasteiger partial charge < -0.3 is 9.36 Å². The Bertz CT molecular complexity index is 374. The summed E-state index contributed by atoms with van der Waals surface area (Å²) in [5.41, 5.74) is 4.23. The average Bonchev–Trinajstić information content (AvgIpc) is 2.47. The zero-order valence-corrected chi connectivity index (χ0v) is 9.13. The molecule has 1 aliphatic rings. The quantitative estimate of drug-likeness (QED) is 0.656. The normalized spacial score (nSPS) is 18.2. The summed E-state index contributed by atoms with van der Waals surface area (Å²) in [6.45, 7) is 7.70. The molecule has 0 saturated carbocycles. The highest BCUT2D eigenvalue weighted by Gasteiger charge is 2.30. The molecule has 0 fully saturated rings. The van der Waals surface area contributed by atoms with Crippen molar-refractivity contribution in [3.8, 4) is 0 Å². The Morgan fingerprint density at radius 3 is 2.93 bits per heavy atom. The van der Waals surface area contributed by atoms with Crippen molar-refractivity contribution in [3.05, 3.63) is 23.0 Å². The van der Waals surface area contributed by atoms with E-state index in [1.54, 1.807) is 0 Å². The SMILES string of the molecule is Cc1cc2n(c1CC=O)CC(C)(C)C2. The molecule has 0 atom stereocenters. The molecule has 1 aromatic heterocycles. The van der Waals surface area contributed by atoms with Crippen LogP contribution in [-0.2, 0) is 24.2 Å². The van der Waals surface area contributed by atoms with Crippen molar-refractivity contribution in [1.82, 2.24) is 4.57 Å². The van der Waals surface area contributed by atoms with Gasteiger partial charge in [-0.2, -0.15) is 0 Å². The molecule has 0 amide bonds. The van der Waals surface area contributed by atoms with E-state index >= 15 is 0 Å². The van der Waals surface area contributed by atoms with Gasteiger partial charge in [0.25, 0.3) is 0 Å². The first-order valence-electron chi connectivity index (χ1n) is 5.15. The largest absolute Gasteiger partial charge is 0.347 e. The summed E-state index contributed by atoms with van der Waals surface area (Å²) < 4.78 is 2.32. The van der Waals surface area contributed by atoms with Gasteiger partial charge in [0, 0.05) is 24.4 Å². The number of aromatic nitrogens is 1. The predicted molar refractivity (Wildman–Crippen MR) is 56.4 cm³/mol. The van der Waals surface area contributed by atoms with Gasteiger partial charge >= 0.3 is 0 Å². The van der Waals surface area contributed by atoms with Crippen molar-refractivity contribution < 1.29 is 4.79 Å². The van der Waals surface area contributed by atoms with E-state index in [0.717, 1.165) is 19.3 Å². The van der Waals surface area contributed by atoms with Crippen LogP contribution in [0.25, 0.3) is 0 Å². The molecular weight excluding hydrogens is 174 g/mol. The summed E-state index contributed by atoms with van der Waals surface area (Å²) in [7, 11) is 0. The molecule has 14 heavy (non-hydrogen) atoms. The molecule has 0 aromatic carbocycles. The molecule has 2 heterocycles. The first-order chi connectivity index (χ1) is 6.53. The molecule has 2 heteroatoms. The Labute approximate surface area is 84.9 Å². The highest BCUT2D eigenvalue weighted by Crippen LogP contribution is 2.34. The van der Waals surface area contributed by atoms with Crippen LogP contribution in [0, 0.1) is 12.3 Å². The molecule has 0 N–H and O–H groups in total. The van der Waals surface area contributed by atoms with E-state index in [-0.39, 0.29) is 0 Å². The van der Waals surface area contributed by atoms with Gasteiger partial charge in [-0.3, -0.25) is 0 Å². The van der Waals surface area contributed by atoms with E-state index in [1.807, 2.05) is 0 Å². The molecule has 2 nitrogen and oxygen atoms in total. The Morgan fingerprint density at radius 2 is 2.29 bits per heavy atom. The molecule has 0 radical (unpaired) electrons. The molecule has 76 valence electrons. The highest BCUT2D eigenvalue weighted by atomic mass is 16.1. The molecular formula is C12H17NO.